The number of nitrogens with one attached hydrogen (secondary N) is 3. The normalized spacial score (nSPS) is 12.1. The second-order valence-corrected chi connectivity index (χ2v) is 6.11. The molecule has 2 aromatic carbocycles. The Morgan fingerprint density at radius 2 is 1.96 bits per heavy atom. The molecule has 0 saturated heterocycles. The van der Waals surface area contributed by atoms with Crippen LogP contribution in [0.5, 0.6) is 0 Å². The van der Waals surface area contributed by atoms with Gasteiger partial charge in [0.1, 0.15) is 0 Å². The molecule has 0 spiro atoms. The summed E-state index contributed by atoms with van der Waals surface area (Å²) >= 11 is 0. The summed E-state index contributed by atoms with van der Waals surface area (Å²) in [6.07, 6.45) is 2.74. The molecule has 3 aromatic rings. The number of benzene rings is 2. The Kier molecular flexibility index (Phi) is 5.36. The highest BCUT2D eigenvalue weighted by atomic mass is 16.3. The molecule has 25 heavy (non-hydrogen) atoms. The molecule has 5 nitrogen and oxygen atoms in total. The molecule has 3 rings (SSSR count). The van der Waals surface area contributed by atoms with Gasteiger partial charge >= 0.3 is 6.03 Å². The van der Waals surface area contributed by atoms with Crippen LogP contribution >= 0.6 is 0 Å². The lowest BCUT2D eigenvalue weighted by molar-refractivity contribution is 0.217. The maximum Gasteiger partial charge on any atom is 0.315 e. The SMILES string of the molecule is Cc1cccc2c(CCNC(=O)NC(CO)c3ccccc3)c[nH]c12. The Morgan fingerprint density at radius 3 is 2.72 bits per heavy atom. The molecule has 130 valence electrons. The maximum absolute atomic E-state index is 12.1. The molecule has 0 bridgehead atoms. The number of H-pyrrole nitrogens is 1. The van der Waals surface area contributed by atoms with E-state index in [1.807, 2.05) is 42.6 Å². The number of para-hydroxylation sites is 1. The van der Waals surface area contributed by atoms with E-state index in [1.54, 1.807) is 0 Å². The number of aryl methyl sites for hydroxylation is 1. The van der Waals surface area contributed by atoms with Crippen LogP contribution in [0.15, 0.2) is 54.7 Å². The summed E-state index contributed by atoms with van der Waals surface area (Å²) in [6.45, 7) is 2.46. The van der Waals surface area contributed by atoms with Crippen molar-refractivity contribution < 1.29 is 9.90 Å². The zero-order chi connectivity index (χ0) is 17.6. The van der Waals surface area contributed by atoms with Crippen molar-refractivity contribution in [1.29, 1.82) is 0 Å². The maximum atomic E-state index is 12.1. The predicted molar refractivity (Wildman–Crippen MR) is 99.5 cm³/mol. The van der Waals surface area contributed by atoms with Crippen molar-refractivity contribution in [1.82, 2.24) is 15.6 Å². The van der Waals surface area contributed by atoms with Gasteiger partial charge in [-0.1, -0.05) is 48.5 Å². The number of hydrogen-bond donors (Lipinski definition) is 4. The van der Waals surface area contributed by atoms with Crippen molar-refractivity contribution in [3.8, 4) is 0 Å². The molecular weight excluding hydrogens is 314 g/mol. The van der Waals surface area contributed by atoms with Crippen LogP contribution in [-0.2, 0) is 6.42 Å². The number of carbonyl (C=O) groups is 1. The Hall–Kier alpha value is -2.79. The van der Waals surface area contributed by atoms with Crippen molar-refractivity contribution in [3.63, 3.8) is 0 Å². The first kappa shape index (κ1) is 17.0. The second kappa shape index (κ2) is 7.85. The number of fused-ring (bicyclic) bond motifs is 1. The van der Waals surface area contributed by atoms with Crippen LogP contribution < -0.4 is 10.6 Å². The standard InChI is InChI=1S/C20H23N3O2/c1-14-6-5-9-17-16(12-22-19(14)17)10-11-21-20(25)23-18(13-24)15-7-3-2-4-8-15/h2-9,12,18,22,24H,10-11,13H2,1H3,(H2,21,23,25). The summed E-state index contributed by atoms with van der Waals surface area (Å²) in [5, 5.41) is 16.4. The van der Waals surface area contributed by atoms with Crippen molar-refractivity contribution in [3.05, 3.63) is 71.4 Å². The molecule has 0 fully saturated rings. The molecule has 1 aromatic heterocycles. The van der Waals surface area contributed by atoms with E-state index in [0.717, 1.165) is 17.5 Å². The van der Waals surface area contributed by atoms with Crippen molar-refractivity contribution in [2.75, 3.05) is 13.2 Å². The zero-order valence-corrected chi connectivity index (χ0v) is 14.3. The lowest BCUT2D eigenvalue weighted by Gasteiger charge is -2.17. The molecule has 5 heteroatoms. The number of rotatable bonds is 6. The molecule has 0 aliphatic heterocycles. The van der Waals surface area contributed by atoms with E-state index in [9.17, 15) is 9.90 Å². The van der Waals surface area contributed by atoms with Crippen LogP contribution in [0, 0.1) is 6.92 Å². The minimum absolute atomic E-state index is 0.140. The first-order valence-electron chi connectivity index (χ1n) is 8.45. The van der Waals surface area contributed by atoms with Gasteiger partial charge in [-0.15, -0.1) is 0 Å². The molecule has 1 atom stereocenters. The van der Waals surface area contributed by atoms with Gasteiger partial charge in [0.05, 0.1) is 12.6 Å². The molecular formula is C20H23N3O2. The molecule has 4 N–H and O–H groups in total. The van der Waals surface area contributed by atoms with Gasteiger partial charge < -0.3 is 20.7 Å². The number of aromatic nitrogens is 1. The van der Waals surface area contributed by atoms with Gasteiger partial charge in [-0.2, -0.15) is 0 Å². The van der Waals surface area contributed by atoms with Gasteiger partial charge in [-0.05, 0) is 30.0 Å². The minimum Gasteiger partial charge on any atom is -0.394 e. The Morgan fingerprint density at radius 1 is 1.16 bits per heavy atom. The van der Waals surface area contributed by atoms with Gasteiger partial charge in [-0.25, -0.2) is 4.79 Å². The van der Waals surface area contributed by atoms with Crippen LogP contribution in [0.1, 0.15) is 22.7 Å². The number of aliphatic hydroxyl groups excluding tert-OH is 1. The van der Waals surface area contributed by atoms with Crippen LogP contribution in [0.3, 0.4) is 0 Å². The summed E-state index contributed by atoms with van der Waals surface area (Å²) in [5.41, 5.74) is 4.42. The first-order valence-corrected chi connectivity index (χ1v) is 8.45. The van der Waals surface area contributed by atoms with Gasteiger partial charge in [-0.3, -0.25) is 0 Å². The monoisotopic (exact) mass is 337 g/mol. The van der Waals surface area contributed by atoms with Gasteiger partial charge in [0.2, 0.25) is 0 Å². The third-order valence-corrected chi connectivity index (χ3v) is 4.38. The Labute approximate surface area is 147 Å². The molecule has 2 amide bonds. The predicted octanol–water partition coefficient (Wildman–Crippen LogP) is 3.05. The Balaban J connectivity index is 1.54. The van der Waals surface area contributed by atoms with Crippen LogP contribution in [0.25, 0.3) is 10.9 Å². The van der Waals surface area contributed by atoms with E-state index in [1.165, 1.54) is 16.5 Å². The third-order valence-electron chi connectivity index (χ3n) is 4.38. The van der Waals surface area contributed by atoms with E-state index in [4.69, 9.17) is 0 Å². The van der Waals surface area contributed by atoms with Gasteiger partial charge in [0.25, 0.3) is 0 Å². The van der Waals surface area contributed by atoms with Crippen molar-refractivity contribution >= 4 is 16.9 Å². The van der Waals surface area contributed by atoms with Gasteiger partial charge in [0.15, 0.2) is 0 Å². The van der Waals surface area contributed by atoms with Crippen LogP contribution in [0.2, 0.25) is 0 Å². The smallest absolute Gasteiger partial charge is 0.315 e. The van der Waals surface area contributed by atoms with E-state index < -0.39 is 6.04 Å². The number of hydrogen-bond acceptors (Lipinski definition) is 2. The number of aromatic amines is 1. The highest BCUT2D eigenvalue weighted by Gasteiger charge is 2.13. The number of amides is 2. The van der Waals surface area contributed by atoms with Gasteiger partial charge in [0, 0.05) is 23.6 Å². The lowest BCUT2D eigenvalue weighted by Crippen LogP contribution is -2.40. The topological polar surface area (TPSA) is 77.2 Å². The summed E-state index contributed by atoms with van der Waals surface area (Å²) in [6, 6.07) is 15.0. The summed E-state index contributed by atoms with van der Waals surface area (Å²) < 4.78 is 0. The average molecular weight is 337 g/mol. The number of aliphatic hydroxyl groups is 1. The summed E-state index contributed by atoms with van der Waals surface area (Å²) in [5.74, 6) is 0. The molecule has 1 unspecified atom stereocenters. The number of carbonyl (C=O) groups excluding carboxylic acids is 1. The first-order chi connectivity index (χ1) is 12.2. The summed E-state index contributed by atoms with van der Waals surface area (Å²) in [7, 11) is 0. The second-order valence-electron chi connectivity index (χ2n) is 6.11. The van der Waals surface area contributed by atoms with Crippen molar-refractivity contribution in [2.24, 2.45) is 0 Å². The molecule has 0 saturated carbocycles. The minimum atomic E-state index is -0.406. The van der Waals surface area contributed by atoms with E-state index in [0.29, 0.717) is 6.54 Å². The quantitative estimate of drug-likeness (QED) is 0.558. The highest BCUT2D eigenvalue weighted by molar-refractivity contribution is 5.86. The molecule has 0 radical (unpaired) electrons. The van der Waals surface area contributed by atoms with E-state index in [2.05, 4.69) is 34.7 Å². The van der Waals surface area contributed by atoms with E-state index >= 15 is 0 Å². The fraction of sp³-hybridized carbons (Fsp3) is 0.250. The van der Waals surface area contributed by atoms with Crippen LogP contribution in [-0.4, -0.2) is 29.3 Å². The molecule has 1 heterocycles. The Bertz CT molecular complexity index is 843. The van der Waals surface area contributed by atoms with Crippen molar-refractivity contribution in [2.45, 2.75) is 19.4 Å². The zero-order valence-electron chi connectivity index (χ0n) is 14.3. The average Bonchev–Trinajstić information content (AvgIpc) is 3.05. The van der Waals surface area contributed by atoms with E-state index in [-0.39, 0.29) is 12.6 Å². The third kappa shape index (κ3) is 4.00. The highest BCUT2D eigenvalue weighted by Crippen LogP contribution is 2.21. The fourth-order valence-corrected chi connectivity index (χ4v) is 3.01. The molecule has 0 aliphatic carbocycles. The largest absolute Gasteiger partial charge is 0.394 e. The number of urea groups is 1. The lowest BCUT2D eigenvalue weighted by atomic mass is 10.1. The fourth-order valence-electron chi connectivity index (χ4n) is 3.01. The molecule has 0 aliphatic rings. The van der Waals surface area contributed by atoms with Crippen LogP contribution in [0.4, 0.5) is 4.79 Å². The summed E-state index contributed by atoms with van der Waals surface area (Å²) in [4.78, 5) is 15.4.